The predicted molar refractivity (Wildman–Crippen MR) is 84.9 cm³/mol. The molecular weight excluding hydrogens is 314 g/mol. The van der Waals surface area contributed by atoms with E-state index in [4.69, 9.17) is 4.74 Å². The Morgan fingerprint density at radius 2 is 1.88 bits per heavy atom. The second-order valence-corrected chi connectivity index (χ2v) is 6.32. The molecule has 1 aliphatic carbocycles. The van der Waals surface area contributed by atoms with Gasteiger partial charge in [0.1, 0.15) is 12.1 Å². The summed E-state index contributed by atoms with van der Waals surface area (Å²) >= 11 is 0. The maximum absolute atomic E-state index is 12.4. The van der Waals surface area contributed by atoms with Crippen LogP contribution in [0.15, 0.2) is 0 Å². The molecule has 1 aliphatic heterocycles. The van der Waals surface area contributed by atoms with Crippen molar-refractivity contribution in [1.29, 1.82) is 0 Å². The molecule has 4 amide bonds. The smallest absolute Gasteiger partial charge is 0.326 e. The van der Waals surface area contributed by atoms with Gasteiger partial charge < -0.3 is 15.4 Å². The van der Waals surface area contributed by atoms with Crippen LogP contribution in [-0.4, -0.2) is 53.4 Å². The van der Waals surface area contributed by atoms with E-state index in [1.54, 1.807) is 13.8 Å². The van der Waals surface area contributed by atoms with Gasteiger partial charge >= 0.3 is 12.0 Å². The number of hydrogen-bond acceptors (Lipinski definition) is 5. The van der Waals surface area contributed by atoms with Crippen molar-refractivity contribution in [3.8, 4) is 0 Å². The Kier molecular flexibility index (Phi) is 5.80. The molecular formula is C16H25N3O5. The molecule has 0 aromatic rings. The minimum atomic E-state index is -0.947. The van der Waals surface area contributed by atoms with E-state index in [0.717, 1.165) is 30.6 Å². The fraction of sp³-hybridized carbons (Fsp3) is 0.750. The van der Waals surface area contributed by atoms with E-state index in [2.05, 4.69) is 10.6 Å². The molecule has 2 rings (SSSR count). The lowest BCUT2D eigenvalue weighted by atomic mass is 9.93. The molecule has 0 spiro atoms. The average Bonchev–Trinajstić information content (AvgIpc) is 3.15. The van der Waals surface area contributed by atoms with E-state index in [1.807, 2.05) is 0 Å². The van der Waals surface area contributed by atoms with Crippen LogP contribution >= 0.6 is 0 Å². The van der Waals surface area contributed by atoms with Gasteiger partial charge in [0.05, 0.1) is 0 Å². The molecule has 0 unspecified atom stereocenters. The van der Waals surface area contributed by atoms with Crippen LogP contribution in [0.2, 0.25) is 0 Å². The molecule has 8 nitrogen and oxygen atoms in total. The lowest BCUT2D eigenvalue weighted by Gasteiger charge is -2.22. The molecule has 1 saturated carbocycles. The van der Waals surface area contributed by atoms with E-state index in [-0.39, 0.29) is 11.9 Å². The Morgan fingerprint density at radius 1 is 1.25 bits per heavy atom. The van der Waals surface area contributed by atoms with Crippen LogP contribution in [-0.2, 0) is 19.1 Å². The minimum Gasteiger partial charge on any atom is -0.454 e. The molecule has 2 N–H and O–H groups in total. The van der Waals surface area contributed by atoms with Crippen LogP contribution in [0.1, 0.15) is 52.4 Å². The monoisotopic (exact) mass is 339 g/mol. The van der Waals surface area contributed by atoms with Gasteiger partial charge in [0.25, 0.3) is 11.8 Å². The summed E-state index contributed by atoms with van der Waals surface area (Å²) in [6, 6.07) is -0.451. The lowest BCUT2D eigenvalue weighted by molar-refractivity contribution is -0.151. The van der Waals surface area contributed by atoms with Crippen LogP contribution in [0.3, 0.4) is 0 Å². The third-order valence-electron chi connectivity index (χ3n) is 4.82. The van der Waals surface area contributed by atoms with Gasteiger partial charge in [-0.1, -0.05) is 26.7 Å². The molecule has 24 heavy (non-hydrogen) atoms. The van der Waals surface area contributed by atoms with Crippen LogP contribution < -0.4 is 10.6 Å². The Bertz CT molecular complexity index is 524. The highest BCUT2D eigenvalue weighted by atomic mass is 16.5. The SMILES string of the molecule is CCC1(CC)NC(=O)N(CC(=O)OCC(=O)NC2CCCC2)C1=O. The quantitative estimate of drug-likeness (QED) is 0.525. The second kappa shape index (κ2) is 7.63. The van der Waals surface area contributed by atoms with Crippen molar-refractivity contribution >= 4 is 23.8 Å². The minimum absolute atomic E-state index is 0.150. The summed E-state index contributed by atoms with van der Waals surface area (Å²) in [5.74, 6) is -1.56. The summed E-state index contributed by atoms with van der Waals surface area (Å²) in [4.78, 5) is 48.7. The number of carbonyl (C=O) groups is 4. The molecule has 0 bridgehead atoms. The van der Waals surface area contributed by atoms with Crippen molar-refractivity contribution in [2.45, 2.75) is 64.0 Å². The zero-order valence-electron chi connectivity index (χ0n) is 14.2. The van der Waals surface area contributed by atoms with Gasteiger partial charge in [-0.25, -0.2) is 4.79 Å². The number of urea groups is 1. The van der Waals surface area contributed by atoms with Gasteiger partial charge in [-0.15, -0.1) is 0 Å². The van der Waals surface area contributed by atoms with Gasteiger partial charge in [-0.05, 0) is 25.7 Å². The molecule has 2 fully saturated rings. The molecule has 134 valence electrons. The first kappa shape index (κ1) is 18.2. The predicted octanol–water partition coefficient (Wildman–Crippen LogP) is 0.699. The van der Waals surface area contributed by atoms with Crippen molar-refractivity contribution in [3.63, 3.8) is 0 Å². The number of imide groups is 1. The normalized spacial score (nSPS) is 20.2. The number of carbonyl (C=O) groups excluding carboxylic acids is 4. The first-order valence-electron chi connectivity index (χ1n) is 8.51. The molecule has 2 aliphatic rings. The molecule has 0 aromatic heterocycles. The number of ether oxygens (including phenoxy) is 1. The molecule has 1 saturated heterocycles. The first-order valence-corrected chi connectivity index (χ1v) is 8.51. The maximum atomic E-state index is 12.4. The fourth-order valence-electron chi connectivity index (χ4n) is 3.21. The zero-order chi connectivity index (χ0) is 17.7. The van der Waals surface area contributed by atoms with Crippen molar-refractivity contribution in [2.75, 3.05) is 13.2 Å². The van der Waals surface area contributed by atoms with Gasteiger partial charge in [-0.3, -0.25) is 19.3 Å². The topological polar surface area (TPSA) is 105 Å². The van der Waals surface area contributed by atoms with Crippen molar-refractivity contribution in [2.24, 2.45) is 0 Å². The summed E-state index contributed by atoms with van der Waals surface area (Å²) in [7, 11) is 0. The third-order valence-corrected chi connectivity index (χ3v) is 4.82. The fourth-order valence-corrected chi connectivity index (χ4v) is 3.21. The molecule has 1 heterocycles. The number of rotatable bonds is 7. The Hall–Kier alpha value is -2.12. The van der Waals surface area contributed by atoms with E-state index in [0.29, 0.717) is 12.8 Å². The van der Waals surface area contributed by atoms with Crippen molar-refractivity contribution in [1.82, 2.24) is 15.5 Å². The highest BCUT2D eigenvalue weighted by Gasteiger charge is 2.49. The lowest BCUT2D eigenvalue weighted by Crippen LogP contribution is -2.46. The third kappa shape index (κ3) is 3.85. The number of nitrogens with zero attached hydrogens (tertiary/aromatic N) is 1. The van der Waals surface area contributed by atoms with E-state index in [1.165, 1.54) is 0 Å². The highest BCUT2D eigenvalue weighted by Crippen LogP contribution is 2.24. The molecule has 0 atom stereocenters. The van der Waals surface area contributed by atoms with Gasteiger partial charge in [0.15, 0.2) is 6.61 Å². The molecule has 0 radical (unpaired) electrons. The average molecular weight is 339 g/mol. The van der Waals surface area contributed by atoms with Crippen LogP contribution in [0.5, 0.6) is 0 Å². The van der Waals surface area contributed by atoms with E-state index < -0.39 is 36.6 Å². The summed E-state index contributed by atoms with van der Waals surface area (Å²) in [5.41, 5.74) is -0.947. The van der Waals surface area contributed by atoms with Gasteiger partial charge in [0.2, 0.25) is 0 Å². The molecule has 0 aromatic carbocycles. The first-order chi connectivity index (χ1) is 11.4. The summed E-state index contributed by atoms with van der Waals surface area (Å²) in [6.45, 7) is 2.72. The number of nitrogens with one attached hydrogen (secondary N) is 2. The summed E-state index contributed by atoms with van der Waals surface area (Å²) in [6.07, 6.45) is 4.96. The number of amides is 4. The standard InChI is InChI=1S/C16H25N3O5/c1-3-16(4-2)14(22)19(15(23)18-16)9-13(21)24-10-12(20)17-11-7-5-6-8-11/h11H,3-10H2,1-2H3,(H,17,20)(H,18,23). The van der Waals surface area contributed by atoms with Gasteiger partial charge in [-0.2, -0.15) is 0 Å². The maximum Gasteiger partial charge on any atom is 0.326 e. The number of esters is 1. The summed E-state index contributed by atoms with van der Waals surface area (Å²) < 4.78 is 4.88. The van der Waals surface area contributed by atoms with Gasteiger partial charge in [0, 0.05) is 6.04 Å². The zero-order valence-corrected chi connectivity index (χ0v) is 14.2. The van der Waals surface area contributed by atoms with E-state index >= 15 is 0 Å². The number of hydrogen-bond donors (Lipinski definition) is 2. The summed E-state index contributed by atoms with van der Waals surface area (Å²) in [5, 5.41) is 5.44. The highest BCUT2D eigenvalue weighted by molar-refractivity contribution is 6.08. The molecule has 8 heteroatoms. The van der Waals surface area contributed by atoms with Crippen LogP contribution in [0, 0.1) is 0 Å². The van der Waals surface area contributed by atoms with Crippen molar-refractivity contribution < 1.29 is 23.9 Å². The van der Waals surface area contributed by atoms with Crippen LogP contribution in [0.25, 0.3) is 0 Å². The van der Waals surface area contributed by atoms with E-state index in [9.17, 15) is 19.2 Å². The van der Waals surface area contributed by atoms with Crippen molar-refractivity contribution in [3.05, 3.63) is 0 Å². The second-order valence-electron chi connectivity index (χ2n) is 6.32. The van der Waals surface area contributed by atoms with Crippen LogP contribution in [0.4, 0.5) is 4.79 Å². The largest absolute Gasteiger partial charge is 0.454 e. The Labute approximate surface area is 141 Å². The Balaban J connectivity index is 1.80. The Morgan fingerprint density at radius 3 is 2.42 bits per heavy atom.